The van der Waals surface area contributed by atoms with Crippen LogP contribution < -0.4 is 5.32 Å². The van der Waals surface area contributed by atoms with E-state index in [2.05, 4.69) is 31.1 Å². The molecule has 3 heteroatoms. The monoisotopic (exact) mass is 214 g/mol. The van der Waals surface area contributed by atoms with Crippen molar-refractivity contribution in [2.75, 3.05) is 26.7 Å². The molecule has 1 aliphatic carbocycles. The van der Waals surface area contributed by atoms with Gasteiger partial charge < -0.3 is 15.3 Å². The van der Waals surface area contributed by atoms with E-state index in [0.717, 1.165) is 32.0 Å². The largest absolute Gasteiger partial charge is 0.394 e. The molecule has 1 rings (SSSR count). The van der Waals surface area contributed by atoms with Crippen LogP contribution in [0.5, 0.6) is 0 Å². The third-order valence-corrected chi connectivity index (χ3v) is 3.36. The van der Waals surface area contributed by atoms with Crippen LogP contribution in [0.3, 0.4) is 0 Å². The fourth-order valence-electron chi connectivity index (χ4n) is 2.07. The van der Waals surface area contributed by atoms with Gasteiger partial charge in [0.05, 0.1) is 6.61 Å². The van der Waals surface area contributed by atoms with Gasteiger partial charge in [-0.25, -0.2) is 0 Å². The summed E-state index contributed by atoms with van der Waals surface area (Å²) in [6.45, 7) is 6.51. The van der Waals surface area contributed by atoms with Crippen molar-refractivity contribution in [3.8, 4) is 0 Å². The molecule has 0 aromatic carbocycles. The van der Waals surface area contributed by atoms with Crippen LogP contribution in [0.4, 0.5) is 0 Å². The molecule has 0 heterocycles. The second kappa shape index (κ2) is 5.83. The van der Waals surface area contributed by atoms with Gasteiger partial charge in [-0.3, -0.25) is 0 Å². The molecule has 0 bridgehead atoms. The lowest BCUT2D eigenvalue weighted by Gasteiger charge is -2.29. The number of rotatable bonds is 8. The molecule has 90 valence electrons. The first-order valence-corrected chi connectivity index (χ1v) is 6.17. The Bertz CT molecular complexity index is 182. The van der Waals surface area contributed by atoms with Gasteiger partial charge in [-0.15, -0.1) is 0 Å². The standard InChI is InChI=1S/C12H26N2O/c1-4-13-12(2,10-15)8-5-9-14(3)11-6-7-11/h11,13,15H,4-10H2,1-3H3. The Morgan fingerprint density at radius 3 is 2.60 bits per heavy atom. The number of likely N-dealkylation sites (N-methyl/N-ethyl adjacent to an activating group) is 1. The summed E-state index contributed by atoms with van der Waals surface area (Å²) in [5.74, 6) is 0. The third-order valence-electron chi connectivity index (χ3n) is 3.36. The van der Waals surface area contributed by atoms with Crippen LogP contribution >= 0.6 is 0 Å². The zero-order valence-electron chi connectivity index (χ0n) is 10.4. The first-order valence-electron chi connectivity index (χ1n) is 6.17. The summed E-state index contributed by atoms with van der Waals surface area (Å²) in [5, 5.41) is 12.7. The smallest absolute Gasteiger partial charge is 0.0610 e. The van der Waals surface area contributed by atoms with E-state index in [1.54, 1.807) is 0 Å². The molecule has 0 aliphatic heterocycles. The molecule has 2 N–H and O–H groups in total. The molecule has 0 saturated heterocycles. The summed E-state index contributed by atoms with van der Waals surface area (Å²) in [6.07, 6.45) is 4.97. The number of aliphatic hydroxyl groups is 1. The number of aliphatic hydroxyl groups excluding tert-OH is 1. The average Bonchev–Trinajstić information content (AvgIpc) is 3.01. The molecule has 1 saturated carbocycles. The van der Waals surface area contributed by atoms with Crippen LogP contribution in [0.25, 0.3) is 0 Å². The molecule has 0 aromatic rings. The molecule has 1 fully saturated rings. The normalized spacial score (nSPS) is 20.6. The topological polar surface area (TPSA) is 35.5 Å². The molecule has 0 aromatic heterocycles. The van der Waals surface area contributed by atoms with Crippen LogP contribution in [-0.4, -0.2) is 48.3 Å². The summed E-state index contributed by atoms with van der Waals surface area (Å²) >= 11 is 0. The highest BCUT2D eigenvalue weighted by molar-refractivity contribution is 4.85. The van der Waals surface area contributed by atoms with E-state index in [-0.39, 0.29) is 12.1 Å². The fraction of sp³-hybridized carbons (Fsp3) is 1.00. The minimum atomic E-state index is -0.0842. The van der Waals surface area contributed by atoms with Crippen molar-refractivity contribution in [3.05, 3.63) is 0 Å². The molecule has 1 aliphatic rings. The van der Waals surface area contributed by atoms with Gasteiger partial charge in [0.25, 0.3) is 0 Å². The number of hydrogen-bond donors (Lipinski definition) is 2. The molecule has 0 spiro atoms. The van der Waals surface area contributed by atoms with Crippen molar-refractivity contribution in [1.82, 2.24) is 10.2 Å². The molecular weight excluding hydrogens is 188 g/mol. The summed E-state index contributed by atoms with van der Waals surface area (Å²) in [7, 11) is 2.21. The van der Waals surface area contributed by atoms with E-state index in [0.29, 0.717) is 0 Å². The minimum absolute atomic E-state index is 0.0842. The van der Waals surface area contributed by atoms with Gasteiger partial charge in [0.15, 0.2) is 0 Å². The van der Waals surface area contributed by atoms with Crippen molar-refractivity contribution in [2.24, 2.45) is 0 Å². The van der Waals surface area contributed by atoms with Crippen LogP contribution in [0, 0.1) is 0 Å². The Labute approximate surface area is 93.9 Å². The predicted molar refractivity (Wildman–Crippen MR) is 64.1 cm³/mol. The predicted octanol–water partition coefficient (Wildman–Crippen LogP) is 1.22. The van der Waals surface area contributed by atoms with E-state index in [9.17, 15) is 5.11 Å². The SMILES string of the molecule is CCNC(C)(CO)CCCN(C)C1CC1. The zero-order chi connectivity index (χ0) is 11.3. The van der Waals surface area contributed by atoms with E-state index in [1.807, 2.05) is 0 Å². The summed E-state index contributed by atoms with van der Waals surface area (Å²) in [6, 6.07) is 0.851. The Hall–Kier alpha value is -0.120. The van der Waals surface area contributed by atoms with Gasteiger partial charge in [0.2, 0.25) is 0 Å². The van der Waals surface area contributed by atoms with Crippen molar-refractivity contribution in [1.29, 1.82) is 0 Å². The third kappa shape index (κ3) is 4.49. The number of nitrogens with zero attached hydrogens (tertiary/aromatic N) is 1. The van der Waals surface area contributed by atoms with Gasteiger partial charge >= 0.3 is 0 Å². The Morgan fingerprint density at radius 2 is 2.13 bits per heavy atom. The highest BCUT2D eigenvalue weighted by Crippen LogP contribution is 2.25. The highest BCUT2D eigenvalue weighted by Gasteiger charge is 2.26. The van der Waals surface area contributed by atoms with Gasteiger partial charge in [0, 0.05) is 11.6 Å². The number of nitrogens with one attached hydrogen (secondary N) is 1. The average molecular weight is 214 g/mol. The first kappa shape index (κ1) is 12.9. The molecule has 1 atom stereocenters. The maximum absolute atomic E-state index is 9.33. The lowest BCUT2D eigenvalue weighted by Crippen LogP contribution is -2.46. The van der Waals surface area contributed by atoms with E-state index >= 15 is 0 Å². The maximum Gasteiger partial charge on any atom is 0.0610 e. The lowest BCUT2D eigenvalue weighted by molar-refractivity contribution is 0.160. The van der Waals surface area contributed by atoms with Crippen LogP contribution in [0.1, 0.15) is 39.5 Å². The fourth-order valence-corrected chi connectivity index (χ4v) is 2.07. The Balaban J connectivity index is 2.15. The van der Waals surface area contributed by atoms with Crippen molar-refractivity contribution in [2.45, 2.75) is 51.1 Å². The number of hydrogen-bond acceptors (Lipinski definition) is 3. The molecule has 0 amide bonds. The molecule has 3 nitrogen and oxygen atoms in total. The molecule has 15 heavy (non-hydrogen) atoms. The lowest BCUT2D eigenvalue weighted by atomic mass is 9.96. The molecule has 1 unspecified atom stereocenters. The van der Waals surface area contributed by atoms with Crippen LogP contribution in [-0.2, 0) is 0 Å². The van der Waals surface area contributed by atoms with Gasteiger partial charge in [-0.2, -0.15) is 0 Å². The van der Waals surface area contributed by atoms with Crippen molar-refractivity contribution < 1.29 is 5.11 Å². The van der Waals surface area contributed by atoms with Crippen LogP contribution in [0.2, 0.25) is 0 Å². The van der Waals surface area contributed by atoms with Gasteiger partial charge in [-0.1, -0.05) is 6.92 Å². The first-order chi connectivity index (χ1) is 7.11. The van der Waals surface area contributed by atoms with E-state index in [1.165, 1.54) is 12.8 Å². The van der Waals surface area contributed by atoms with E-state index < -0.39 is 0 Å². The Kier molecular flexibility index (Phi) is 5.03. The summed E-state index contributed by atoms with van der Waals surface area (Å²) in [4.78, 5) is 2.45. The minimum Gasteiger partial charge on any atom is -0.394 e. The highest BCUT2D eigenvalue weighted by atomic mass is 16.3. The molecular formula is C12H26N2O. The quantitative estimate of drug-likeness (QED) is 0.638. The second-order valence-corrected chi connectivity index (χ2v) is 5.06. The zero-order valence-corrected chi connectivity index (χ0v) is 10.4. The van der Waals surface area contributed by atoms with Crippen LogP contribution in [0.15, 0.2) is 0 Å². The summed E-state index contributed by atoms with van der Waals surface area (Å²) in [5.41, 5.74) is -0.0842. The Morgan fingerprint density at radius 1 is 1.47 bits per heavy atom. The molecule has 0 radical (unpaired) electrons. The summed E-state index contributed by atoms with van der Waals surface area (Å²) < 4.78 is 0. The van der Waals surface area contributed by atoms with Gasteiger partial charge in [-0.05, 0) is 52.7 Å². The second-order valence-electron chi connectivity index (χ2n) is 5.06. The van der Waals surface area contributed by atoms with E-state index in [4.69, 9.17) is 0 Å². The maximum atomic E-state index is 9.33. The van der Waals surface area contributed by atoms with Crippen molar-refractivity contribution >= 4 is 0 Å². The van der Waals surface area contributed by atoms with Crippen molar-refractivity contribution in [3.63, 3.8) is 0 Å². The van der Waals surface area contributed by atoms with Gasteiger partial charge in [0.1, 0.15) is 0 Å².